The van der Waals surface area contributed by atoms with E-state index in [0.29, 0.717) is 11.6 Å². The molecule has 0 aliphatic carbocycles. The summed E-state index contributed by atoms with van der Waals surface area (Å²) in [7, 11) is 1.64. The fraction of sp³-hybridized carbons (Fsp3) is 0.185. The first kappa shape index (κ1) is 23.3. The minimum Gasteiger partial charge on any atom is -0.481 e. The van der Waals surface area contributed by atoms with Crippen molar-refractivity contribution in [1.82, 2.24) is 9.97 Å². The third-order valence-electron chi connectivity index (χ3n) is 5.67. The predicted molar refractivity (Wildman–Crippen MR) is 135 cm³/mol. The standard InChI is InChI=1S/C27H25N3O3S/c1-18-12-13-20(16-28-18)22-10-6-7-11-23(22)24-17-34-27(29-24)30(2)25(31)15-21(26(32)33)14-19-8-4-3-5-9-19/h3-13,16-17,21H,14-15H2,1-2H3,(H,32,33). The van der Waals surface area contributed by atoms with E-state index in [2.05, 4.69) is 4.98 Å². The summed E-state index contributed by atoms with van der Waals surface area (Å²) >= 11 is 1.36. The van der Waals surface area contributed by atoms with Crippen LogP contribution in [0.15, 0.2) is 78.3 Å². The van der Waals surface area contributed by atoms with Crippen LogP contribution in [-0.4, -0.2) is 34.0 Å². The molecule has 4 aromatic rings. The zero-order valence-corrected chi connectivity index (χ0v) is 19.8. The molecule has 34 heavy (non-hydrogen) atoms. The number of nitrogens with zero attached hydrogens (tertiary/aromatic N) is 3. The summed E-state index contributed by atoms with van der Waals surface area (Å²) in [6.07, 6.45) is 2.05. The van der Waals surface area contributed by atoms with Crippen molar-refractivity contribution in [3.05, 3.63) is 89.6 Å². The van der Waals surface area contributed by atoms with Crippen molar-refractivity contribution >= 4 is 28.3 Å². The number of aryl methyl sites for hydroxylation is 1. The number of aromatic nitrogens is 2. The summed E-state index contributed by atoms with van der Waals surface area (Å²) in [5.41, 5.74) is 5.55. The molecule has 1 amide bonds. The van der Waals surface area contributed by atoms with Gasteiger partial charge in [0.15, 0.2) is 5.13 Å². The fourth-order valence-electron chi connectivity index (χ4n) is 3.73. The highest BCUT2D eigenvalue weighted by molar-refractivity contribution is 7.14. The number of carboxylic acid groups (broad SMARTS) is 1. The normalized spacial score (nSPS) is 11.7. The number of hydrogen-bond acceptors (Lipinski definition) is 5. The van der Waals surface area contributed by atoms with E-state index in [0.717, 1.165) is 33.6 Å². The van der Waals surface area contributed by atoms with Crippen LogP contribution in [-0.2, 0) is 16.0 Å². The number of hydrogen-bond donors (Lipinski definition) is 1. The predicted octanol–water partition coefficient (Wildman–Crippen LogP) is 5.48. The fourth-order valence-corrected chi connectivity index (χ4v) is 4.53. The minimum absolute atomic E-state index is 0.0960. The topological polar surface area (TPSA) is 83.4 Å². The molecular formula is C27H25N3O3S. The molecule has 1 atom stereocenters. The van der Waals surface area contributed by atoms with Crippen LogP contribution in [0.2, 0.25) is 0 Å². The number of aliphatic carboxylic acids is 1. The van der Waals surface area contributed by atoms with Crippen LogP contribution in [0.5, 0.6) is 0 Å². The van der Waals surface area contributed by atoms with Gasteiger partial charge in [0.1, 0.15) is 0 Å². The lowest BCUT2D eigenvalue weighted by atomic mass is 9.96. The van der Waals surface area contributed by atoms with Gasteiger partial charge in [0, 0.05) is 41.9 Å². The molecule has 0 fully saturated rings. The van der Waals surface area contributed by atoms with Crippen molar-refractivity contribution < 1.29 is 14.7 Å². The number of carbonyl (C=O) groups excluding carboxylic acids is 1. The van der Waals surface area contributed by atoms with Crippen molar-refractivity contribution in [3.8, 4) is 22.4 Å². The summed E-state index contributed by atoms with van der Waals surface area (Å²) in [5.74, 6) is -2.06. The maximum atomic E-state index is 12.9. The highest BCUT2D eigenvalue weighted by atomic mass is 32.1. The molecule has 2 aromatic heterocycles. The third-order valence-corrected chi connectivity index (χ3v) is 6.59. The van der Waals surface area contributed by atoms with Crippen molar-refractivity contribution in [2.75, 3.05) is 11.9 Å². The largest absolute Gasteiger partial charge is 0.481 e. The van der Waals surface area contributed by atoms with Crippen LogP contribution in [0.3, 0.4) is 0 Å². The lowest BCUT2D eigenvalue weighted by Crippen LogP contribution is -2.31. The van der Waals surface area contributed by atoms with E-state index in [1.54, 1.807) is 7.05 Å². The van der Waals surface area contributed by atoms with Gasteiger partial charge in [-0.2, -0.15) is 0 Å². The van der Waals surface area contributed by atoms with Crippen LogP contribution in [0.1, 0.15) is 17.7 Å². The molecule has 0 saturated heterocycles. The van der Waals surface area contributed by atoms with Gasteiger partial charge in [-0.05, 0) is 30.5 Å². The molecule has 172 valence electrons. The van der Waals surface area contributed by atoms with Gasteiger partial charge in [-0.25, -0.2) is 4.98 Å². The summed E-state index contributed by atoms with van der Waals surface area (Å²) in [5, 5.41) is 12.1. The average Bonchev–Trinajstić information content (AvgIpc) is 3.34. The molecule has 6 nitrogen and oxygen atoms in total. The quantitative estimate of drug-likeness (QED) is 0.368. The zero-order chi connectivity index (χ0) is 24.1. The van der Waals surface area contributed by atoms with Gasteiger partial charge < -0.3 is 5.11 Å². The molecule has 7 heteroatoms. The smallest absolute Gasteiger partial charge is 0.307 e. The van der Waals surface area contributed by atoms with Gasteiger partial charge >= 0.3 is 5.97 Å². The molecule has 0 saturated carbocycles. The minimum atomic E-state index is -0.980. The molecule has 2 heterocycles. The lowest BCUT2D eigenvalue weighted by molar-refractivity contribution is -0.143. The first-order valence-corrected chi connectivity index (χ1v) is 11.8. The first-order chi connectivity index (χ1) is 16.4. The number of rotatable bonds is 8. The molecule has 0 aliphatic heterocycles. The monoisotopic (exact) mass is 471 g/mol. The van der Waals surface area contributed by atoms with Gasteiger partial charge in [-0.15, -0.1) is 11.3 Å². The number of amides is 1. The van der Waals surface area contributed by atoms with E-state index < -0.39 is 11.9 Å². The number of pyridine rings is 1. The SMILES string of the molecule is Cc1ccc(-c2ccccc2-c2csc(N(C)C(=O)CC(Cc3ccccc3)C(=O)O)n2)cn1. The Kier molecular flexibility index (Phi) is 7.13. The number of thiazole rings is 1. The first-order valence-electron chi connectivity index (χ1n) is 10.9. The summed E-state index contributed by atoms with van der Waals surface area (Å²) in [6.45, 7) is 1.95. The van der Waals surface area contributed by atoms with Crippen LogP contribution in [0.4, 0.5) is 5.13 Å². The second-order valence-electron chi connectivity index (χ2n) is 8.13. The van der Waals surface area contributed by atoms with Gasteiger partial charge in [0.25, 0.3) is 0 Å². The molecule has 2 aromatic carbocycles. The molecule has 1 unspecified atom stereocenters. The molecule has 0 aliphatic rings. The number of carboxylic acids is 1. The second-order valence-corrected chi connectivity index (χ2v) is 8.97. The number of carbonyl (C=O) groups is 2. The Morgan fingerprint density at radius 2 is 1.71 bits per heavy atom. The van der Waals surface area contributed by atoms with Crippen LogP contribution in [0, 0.1) is 12.8 Å². The van der Waals surface area contributed by atoms with Gasteiger partial charge in [0.05, 0.1) is 11.6 Å². The highest BCUT2D eigenvalue weighted by Gasteiger charge is 2.25. The Labute approximate surface area is 202 Å². The van der Waals surface area contributed by atoms with E-state index in [9.17, 15) is 14.7 Å². The van der Waals surface area contributed by atoms with E-state index in [-0.39, 0.29) is 12.3 Å². The van der Waals surface area contributed by atoms with Gasteiger partial charge in [-0.3, -0.25) is 19.5 Å². The maximum Gasteiger partial charge on any atom is 0.307 e. The Morgan fingerprint density at radius 1 is 1.00 bits per heavy atom. The second kappa shape index (κ2) is 10.4. The van der Waals surface area contributed by atoms with E-state index >= 15 is 0 Å². The van der Waals surface area contributed by atoms with Gasteiger partial charge in [-0.1, -0.05) is 60.7 Å². The average molecular weight is 472 g/mol. The van der Waals surface area contributed by atoms with Crippen molar-refractivity contribution in [2.45, 2.75) is 19.8 Å². The maximum absolute atomic E-state index is 12.9. The Balaban J connectivity index is 1.52. The van der Waals surface area contributed by atoms with E-state index in [4.69, 9.17) is 4.98 Å². The van der Waals surface area contributed by atoms with Crippen molar-refractivity contribution in [3.63, 3.8) is 0 Å². The van der Waals surface area contributed by atoms with Crippen LogP contribution >= 0.6 is 11.3 Å². The Hall–Kier alpha value is -3.84. The summed E-state index contributed by atoms with van der Waals surface area (Å²) in [4.78, 5) is 35.3. The molecular weight excluding hydrogens is 446 g/mol. The zero-order valence-electron chi connectivity index (χ0n) is 19.0. The molecule has 0 radical (unpaired) electrons. The molecule has 0 bridgehead atoms. The third kappa shape index (κ3) is 5.38. The van der Waals surface area contributed by atoms with Crippen molar-refractivity contribution in [2.24, 2.45) is 5.92 Å². The van der Waals surface area contributed by atoms with E-state index in [1.807, 2.05) is 85.2 Å². The summed E-state index contributed by atoms with van der Waals surface area (Å²) < 4.78 is 0. The van der Waals surface area contributed by atoms with Crippen molar-refractivity contribution in [1.29, 1.82) is 0 Å². The highest BCUT2D eigenvalue weighted by Crippen LogP contribution is 2.34. The number of anilines is 1. The van der Waals surface area contributed by atoms with Crippen LogP contribution in [0.25, 0.3) is 22.4 Å². The molecule has 0 spiro atoms. The lowest BCUT2D eigenvalue weighted by Gasteiger charge is -2.17. The summed E-state index contributed by atoms with van der Waals surface area (Å²) in [6, 6.07) is 21.3. The molecule has 4 rings (SSSR count). The Morgan fingerprint density at radius 3 is 2.38 bits per heavy atom. The Bertz CT molecular complexity index is 1290. The van der Waals surface area contributed by atoms with E-state index in [1.165, 1.54) is 16.2 Å². The van der Waals surface area contributed by atoms with Crippen LogP contribution < -0.4 is 4.90 Å². The number of benzene rings is 2. The molecule has 1 N–H and O–H groups in total. The van der Waals surface area contributed by atoms with Gasteiger partial charge in [0.2, 0.25) is 5.91 Å².